The number of ketones is 1. The largest absolute Gasteiger partial charge is 0.505 e. The van der Waals surface area contributed by atoms with Gasteiger partial charge in [-0.2, -0.15) is 0 Å². The number of carbonyl (C=O) groups is 1. The molecule has 3 nitrogen and oxygen atoms in total. The highest BCUT2D eigenvalue weighted by molar-refractivity contribution is 5.98. The highest BCUT2D eigenvalue weighted by atomic mass is 16.3. The molecule has 1 saturated heterocycles. The van der Waals surface area contributed by atoms with Crippen LogP contribution < -0.4 is 5.32 Å². The molecule has 1 fully saturated rings. The maximum atomic E-state index is 12.2. The summed E-state index contributed by atoms with van der Waals surface area (Å²) in [6, 6.07) is 9.71. The Balaban J connectivity index is 2.28. The summed E-state index contributed by atoms with van der Waals surface area (Å²) in [7, 11) is 0. The molecule has 96 valence electrons. The summed E-state index contributed by atoms with van der Waals surface area (Å²) in [6.07, 6.45) is 3.22. The molecule has 0 radical (unpaired) electrons. The second kappa shape index (κ2) is 5.83. The predicted molar refractivity (Wildman–Crippen MR) is 71.6 cm³/mol. The van der Waals surface area contributed by atoms with E-state index in [1.807, 2.05) is 30.3 Å². The third kappa shape index (κ3) is 2.79. The van der Waals surface area contributed by atoms with E-state index in [-0.39, 0.29) is 23.5 Å². The standard InChI is InChI=1S/C15H19NO2/c1-11(17)15(18)14(12-7-3-2-4-8-12)13-9-5-6-10-16-13/h2-4,7-8,13-14,16-17H,1,5-6,9-10H2. The molecule has 2 atom stereocenters. The lowest BCUT2D eigenvalue weighted by atomic mass is 9.83. The van der Waals surface area contributed by atoms with Gasteiger partial charge in [-0.25, -0.2) is 0 Å². The van der Waals surface area contributed by atoms with Crippen molar-refractivity contribution in [3.8, 4) is 0 Å². The lowest BCUT2D eigenvalue weighted by Crippen LogP contribution is -2.42. The van der Waals surface area contributed by atoms with Crippen molar-refractivity contribution < 1.29 is 9.90 Å². The Bertz CT molecular complexity index is 421. The number of aliphatic hydroxyl groups is 1. The number of hydrogen-bond acceptors (Lipinski definition) is 3. The number of rotatable bonds is 4. The molecular formula is C15H19NO2. The zero-order valence-corrected chi connectivity index (χ0v) is 10.4. The topological polar surface area (TPSA) is 49.3 Å². The van der Waals surface area contributed by atoms with Gasteiger partial charge in [0.15, 0.2) is 5.76 Å². The SMILES string of the molecule is C=C(O)C(=O)C(c1ccccc1)C1CCCCN1. The summed E-state index contributed by atoms with van der Waals surface area (Å²) in [5.74, 6) is -0.958. The van der Waals surface area contributed by atoms with E-state index in [0.717, 1.165) is 31.4 Å². The molecule has 18 heavy (non-hydrogen) atoms. The summed E-state index contributed by atoms with van der Waals surface area (Å²) in [6.45, 7) is 4.30. The Morgan fingerprint density at radius 1 is 1.33 bits per heavy atom. The molecule has 2 rings (SSSR count). The quantitative estimate of drug-likeness (QED) is 0.633. The minimum Gasteiger partial charge on any atom is -0.505 e. The van der Waals surface area contributed by atoms with Crippen LogP contribution in [0.2, 0.25) is 0 Å². The van der Waals surface area contributed by atoms with Crippen LogP contribution >= 0.6 is 0 Å². The van der Waals surface area contributed by atoms with Crippen LogP contribution in [0.25, 0.3) is 0 Å². The molecular weight excluding hydrogens is 226 g/mol. The summed E-state index contributed by atoms with van der Waals surface area (Å²) in [5.41, 5.74) is 0.942. The lowest BCUT2D eigenvalue weighted by Gasteiger charge is -2.30. The molecule has 1 aromatic rings. The molecule has 1 aliphatic heterocycles. The predicted octanol–water partition coefficient (Wildman–Crippen LogP) is 2.55. The van der Waals surface area contributed by atoms with E-state index in [1.165, 1.54) is 0 Å². The van der Waals surface area contributed by atoms with Gasteiger partial charge in [0.2, 0.25) is 5.78 Å². The van der Waals surface area contributed by atoms with Crippen molar-refractivity contribution in [2.45, 2.75) is 31.2 Å². The maximum Gasteiger partial charge on any atom is 0.205 e. The molecule has 0 spiro atoms. The third-order valence-corrected chi connectivity index (χ3v) is 3.48. The van der Waals surface area contributed by atoms with Crippen LogP contribution in [-0.4, -0.2) is 23.5 Å². The summed E-state index contributed by atoms with van der Waals surface area (Å²) < 4.78 is 0. The zero-order valence-electron chi connectivity index (χ0n) is 10.4. The lowest BCUT2D eigenvalue weighted by molar-refractivity contribution is -0.120. The number of nitrogens with one attached hydrogen (secondary N) is 1. The number of Topliss-reactive ketones (excluding diaryl/α,β-unsaturated/α-hetero) is 1. The number of carbonyl (C=O) groups excluding carboxylic acids is 1. The van der Waals surface area contributed by atoms with Crippen molar-refractivity contribution in [3.05, 3.63) is 48.2 Å². The molecule has 0 bridgehead atoms. The van der Waals surface area contributed by atoms with Crippen LogP contribution in [0.1, 0.15) is 30.7 Å². The van der Waals surface area contributed by atoms with Crippen molar-refractivity contribution in [2.24, 2.45) is 0 Å². The van der Waals surface area contributed by atoms with Gasteiger partial charge >= 0.3 is 0 Å². The smallest absolute Gasteiger partial charge is 0.205 e. The van der Waals surface area contributed by atoms with Crippen molar-refractivity contribution in [2.75, 3.05) is 6.54 Å². The van der Waals surface area contributed by atoms with Gasteiger partial charge < -0.3 is 10.4 Å². The van der Waals surface area contributed by atoms with Gasteiger partial charge in [-0.3, -0.25) is 4.79 Å². The monoisotopic (exact) mass is 245 g/mol. The molecule has 2 N–H and O–H groups in total. The average Bonchev–Trinajstić information content (AvgIpc) is 2.41. The van der Waals surface area contributed by atoms with Crippen LogP contribution in [0.3, 0.4) is 0 Å². The van der Waals surface area contributed by atoms with E-state index in [4.69, 9.17) is 0 Å². The Morgan fingerprint density at radius 2 is 2.06 bits per heavy atom. The first-order chi connectivity index (χ1) is 8.70. The molecule has 1 heterocycles. The van der Waals surface area contributed by atoms with E-state index >= 15 is 0 Å². The molecule has 3 heteroatoms. The summed E-state index contributed by atoms with van der Waals surface area (Å²) >= 11 is 0. The van der Waals surface area contributed by atoms with Crippen molar-refractivity contribution in [1.82, 2.24) is 5.32 Å². The Morgan fingerprint density at radius 3 is 2.61 bits per heavy atom. The van der Waals surface area contributed by atoms with E-state index in [9.17, 15) is 9.90 Å². The van der Waals surface area contributed by atoms with E-state index in [0.29, 0.717) is 0 Å². The number of allylic oxidation sites excluding steroid dienone is 1. The van der Waals surface area contributed by atoms with Crippen molar-refractivity contribution >= 4 is 5.78 Å². The first-order valence-corrected chi connectivity index (χ1v) is 6.40. The molecule has 1 aliphatic rings. The van der Waals surface area contributed by atoms with Crippen LogP contribution in [-0.2, 0) is 4.79 Å². The summed E-state index contributed by atoms with van der Waals surface area (Å²) in [5, 5.41) is 12.8. The van der Waals surface area contributed by atoms with Gasteiger partial charge in [0, 0.05) is 6.04 Å². The third-order valence-electron chi connectivity index (χ3n) is 3.48. The second-order valence-corrected chi connectivity index (χ2v) is 4.76. The van der Waals surface area contributed by atoms with Gasteiger partial charge in [0.05, 0.1) is 5.92 Å². The minimum atomic E-state index is -0.351. The van der Waals surface area contributed by atoms with Crippen LogP contribution in [0, 0.1) is 0 Å². The highest BCUT2D eigenvalue weighted by Crippen LogP contribution is 2.27. The van der Waals surface area contributed by atoms with Crippen molar-refractivity contribution in [3.63, 3.8) is 0 Å². The van der Waals surface area contributed by atoms with Crippen molar-refractivity contribution in [1.29, 1.82) is 0 Å². The van der Waals surface area contributed by atoms with Crippen LogP contribution in [0.4, 0.5) is 0 Å². The highest BCUT2D eigenvalue weighted by Gasteiger charge is 2.31. The minimum absolute atomic E-state index is 0.0950. The van der Waals surface area contributed by atoms with Crippen LogP contribution in [0.15, 0.2) is 42.7 Å². The number of piperidine rings is 1. The number of benzene rings is 1. The Labute approximate surface area is 108 Å². The average molecular weight is 245 g/mol. The van der Waals surface area contributed by atoms with Gasteiger partial charge in [-0.1, -0.05) is 43.3 Å². The van der Waals surface area contributed by atoms with Gasteiger partial charge in [-0.05, 0) is 24.9 Å². The fourth-order valence-corrected chi connectivity index (χ4v) is 2.57. The molecule has 0 aliphatic carbocycles. The Hall–Kier alpha value is -1.61. The number of hydrogen-bond donors (Lipinski definition) is 2. The fraction of sp³-hybridized carbons (Fsp3) is 0.400. The first-order valence-electron chi connectivity index (χ1n) is 6.40. The van der Waals surface area contributed by atoms with E-state index < -0.39 is 0 Å². The number of aliphatic hydroxyl groups excluding tert-OH is 1. The van der Waals surface area contributed by atoms with Gasteiger partial charge in [0.1, 0.15) is 0 Å². The first kappa shape index (κ1) is 12.8. The van der Waals surface area contributed by atoms with Gasteiger partial charge in [-0.15, -0.1) is 0 Å². The zero-order chi connectivity index (χ0) is 13.0. The van der Waals surface area contributed by atoms with Crippen LogP contribution in [0.5, 0.6) is 0 Å². The Kier molecular flexibility index (Phi) is 4.15. The molecule has 0 aromatic heterocycles. The van der Waals surface area contributed by atoms with Gasteiger partial charge in [0.25, 0.3) is 0 Å². The molecule has 0 amide bonds. The summed E-state index contributed by atoms with van der Waals surface area (Å²) in [4.78, 5) is 12.2. The molecule has 0 saturated carbocycles. The normalized spacial score (nSPS) is 21.2. The maximum absolute atomic E-state index is 12.2. The second-order valence-electron chi connectivity index (χ2n) is 4.76. The molecule has 1 aromatic carbocycles. The van der Waals surface area contributed by atoms with E-state index in [1.54, 1.807) is 0 Å². The fourth-order valence-electron chi connectivity index (χ4n) is 2.57. The molecule has 2 unspecified atom stereocenters. The van der Waals surface area contributed by atoms with E-state index in [2.05, 4.69) is 11.9 Å².